The molecule has 2 unspecified atom stereocenters. The van der Waals surface area contributed by atoms with Crippen LogP contribution in [0.1, 0.15) is 57.4 Å². The second kappa shape index (κ2) is 10.9. The molecule has 0 bridgehead atoms. The van der Waals surface area contributed by atoms with E-state index in [4.69, 9.17) is 4.74 Å². The van der Waals surface area contributed by atoms with Crippen LogP contribution < -0.4 is 4.74 Å². The molecule has 2 N–H and O–H groups in total. The van der Waals surface area contributed by atoms with Gasteiger partial charge in [0.25, 0.3) is 0 Å². The van der Waals surface area contributed by atoms with Crippen LogP contribution in [-0.2, 0) is 9.59 Å². The Morgan fingerprint density at radius 3 is 2.12 bits per heavy atom. The van der Waals surface area contributed by atoms with Gasteiger partial charge in [-0.25, -0.2) is 4.39 Å². The van der Waals surface area contributed by atoms with E-state index in [0.29, 0.717) is 37.2 Å². The maximum Gasteiger partial charge on any atom is 0.173 e. The van der Waals surface area contributed by atoms with Crippen LogP contribution in [0.4, 0.5) is 4.39 Å². The number of aliphatic hydroxyl groups excluding tert-OH is 2. The third-order valence-corrected chi connectivity index (χ3v) is 5.55. The van der Waals surface area contributed by atoms with Crippen molar-refractivity contribution < 1.29 is 28.9 Å². The lowest BCUT2D eigenvalue weighted by Crippen LogP contribution is -2.17. The standard InChI is InChI=1S/C27H29FO5/c1-3-5-19(29)15-25(31)26(24(30)6-4-2)27(32)23-16-22(23)17-7-11-20(12-8-17)33-21-13-9-18(28)10-14-21/h7-15,22-23,29,31H,3-6,16H2,1-2H3/b19-15+,26-25-. The highest BCUT2D eigenvalue weighted by Gasteiger charge is 2.46. The second-order valence-corrected chi connectivity index (χ2v) is 8.26. The molecule has 1 aliphatic carbocycles. The normalized spacial score (nSPS) is 18.5. The van der Waals surface area contributed by atoms with Crippen LogP contribution in [-0.4, -0.2) is 21.8 Å². The number of hydrogen-bond donors (Lipinski definition) is 2. The quantitative estimate of drug-likeness (QED) is 0.130. The molecule has 2 aromatic carbocycles. The van der Waals surface area contributed by atoms with Gasteiger partial charge >= 0.3 is 0 Å². The van der Waals surface area contributed by atoms with Crippen LogP contribution in [0.5, 0.6) is 11.5 Å². The Morgan fingerprint density at radius 2 is 1.55 bits per heavy atom. The van der Waals surface area contributed by atoms with Gasteiger partial charge in [0.05, 0.1) is 5.76 Å². The molecule has 1 fully saturated rings. The molecule has 1 aliphatic rings. The number of hydrogen-bond acceptors (Lipinski definition) is 5. The van der Waals surface area contributed by atoms with Crippen molar-refractivity contribution in [3.05, 3.63) is 83.1 Å². The van der Waals surface area contributed by atoms with Crippen molar-refractivity contribution >= 4 is 11.6 Å². The monoisotopic (exact) mass is 452 g/mol. The van der Waals surface area contributed by atoms with Crippen LogP contribution in [0, 0.1) is 11.7 Å². The molecule has 174 valence electrons. The number of aliphatic hydroxyl groups is 2. The van der Waals surface area contributed by atoms with Crippen molar-refractivity contribution in [3.63, 3.8) is 0 Å². The number of ketones is 2. The first-order valence-corrected chi connectivity index (χ1v) is 11.3. The Kier molecular flexibility index (Phi) is 8.04. The summed E-state index contributed by atoms with van der Waals surface area (Å²) in [5, 5.41) is 20.4. The van der Waals surface area contributed by atoms with Gasteiger partial charge in [0, 0.05) is 24.8 Å². The SMILES string of the molecule is CCCC(=O)/C(C(=O)C1CC1c1ccc(Oc2ccc(F)cc2)cc1)=C(O)\C=C(\O)CCC. The first-order valence-electron chi connectivity index (χ1n) is 11.3. The summed E-state index contributed by atoms with van der Waals surface area (Å²) >= 11 is 0. The zero-order valence-electron chi connectivity index (χ0n) is 18.9. The third-order valence-electron chi connectivity index (χ3n) is 5.55. The van der Waals surface area contributed by atoms with E-state index in [1.54, 1.807) is 24.3 Å². The van der Waals surface area contributed by atoms with Gasteiger partial charge in [-0.1, -0.05) is 26.0 Å². The van der Waals surface area contributed by atoms with Crippen LogP contribution in [0.2, 0.25) is 0 Å². The molecular formula is C27H29FO5. The van der Waals surface area contributed by atoms with E-state index in [9.17, 15) is 24.2 Å². The molecule has 5 nitrogen and oxygen atoms in total. The number of carbonyl (C=O) groups excluding carboxylic acids is 2. The molecule has 2 atom stereocenters. The Labute approximate surface area is 193 Å². The fourth-order valence-corrected chi connectivity index (χ4v) is 3.78. The summed E-state index contributed by atoms with van der Waals surface area (Å²) < 4.78 is 18.7. The zero-order chi connectivity index (χ0) is 24.0. The smallest absolute Gasteiger partial charge is 0.173 e. The highest BCUT2D eigenvalue weighted by Crippen LogP contribution is 2.49. The number of ether oxygens (including phenoxy) is 1. The lowest BCUT2D eigenvalue weighted by Gasteiger charge is -2.09. The molecule has 0 spiro atoms. The van der Waals surface area contributed by atoms with Gasteiger partial charge in [-0.3, -0.25) is 9.59 Å². The van der Waals surface area contributed by atoms with Gasteiger partial charge in [0.15, 0.2) is 11.6 Å². The van der Waals surface area contributed by atoms with Gasteiger partial charge in [0.1, 0.15) is 28.6 Å². The maximum atomic E-state index is 13.1. The molecule has 0 heterocycles. The van der Waals surface area contributed by atoms with E-state index < -0.39 is 17.5 Å². The third kappa shape index (κ3) is 6.31. The summed E-state index contributed by atoms with van der Waals surface area (Å²) in [5.41, 5.74) is 0.717. The first-order chi connectivity index (χ1) is 15.8. The van der Waals surface area contributed by atoms with E-state index in [2.05, 4.69) is 0 Å². The van der Waals surface area contributed by atoms with Crippen molar-refractivity contribution in [2.75, 3.05) is 0 Å². The summed E-state index contributed by atoms with van der Waals surface area (Å²) in [4.78, 5) is 25.7. The molecular weight excluding hydrogens is 423 g/mol. The lowest BCUT2D eigenvalue weighted by atomic mass is 9.96. The number of halogens is 1. The molecule has 1 saturated carbocycles. The van der Waals surface area contributed by atoms with Gasteiger partial charge < -0.3 is 14.9 Å². The molecule has 3 rings (SSSR count). The van der Waals surface area contributed by atoms with E-state index in [-0.39, 0.29) is 35.3 Å². The second-order valence-electron chi connectivity index (χ2n) is 8.26. The Bertz CT molecular complexity index is 1050. The predicted octanol–water partition coefficient (Wildman–Crippen LogP) is 6.71. The fraction of sp³-hybridized carbons (Fsp3) is 0.333. The van der Waals surface area contributed by atoms with Gasteiger partial charge in [-0.15, -0.1) is 0 Å². The number of benzene rings is 2. The molecule has 0 saturated heterocycles. The molecule has 0 aliphatic heterocycles. The van der Waals surface area contributed by atoms with Crippen LogP contribution >= 0.6 is 0 Å². The van der Waals surface area contributed by atoms with Gasteiger partial charge in [0.2, 0.25) is 0 Å². The Morgan fingerprint density at radius 1 is 0.970 bits per heavy atom. The summed E-state index contributed by atoms with van der Waals surface area (Å²) in [6, 6.07) is 13.0. The lowest BCUT2D eigenvalue weighted by molar-refractivity contribution is -0.122. The maximum absolute atomic E-state index is 13.1. The number of carbonyl (C=O) groups is 2. The average molecular weight is 453 g/mol. The molecule has 2 aromatic rings. The van der Waals surface area contributed by atoms with Crippen molar-refractivity contribution in [3.8, 4) is 11.5 Å². The molecule has 0 aromatic heterocycles. The molecule has 33 heavy (non-hydrogen) atoms. The van der Waals surface area contributed by atoms with Crippen LogP contribution in [0.15, 0.2) is 71.7 Å². The molecule has 6 heteroatoms. The van der Waals surface area contributed by atoms with Crippen LogP contribution in [0.3, 0.4) is 0 Å². The average Bonchev–Trinajstić information content (AvgIpc) is 3.57. The summed E-state index contributed by atoms with van der Waals surface area (Å²) in [5.74, 6) is -1.000. The minimum Gasteiger partial charge on any atom is -0.512 e. The number of rotatable bonds is 11. The number of allylic oxidation sites excluding steroid dienone is 3. The zero-order valence-corrected chi connectivity index (χ0v) is 18.9. The summed E-state index contributed by atoms with van der Waals surface area (Å²) in [7, 11) is 0. The summed E-state index contributed by atoms with van der Waals surface area (Å²) in [6.45, 7) is 3.71. The topological polar surface area (TPSA) is 83.8 Å². The van der Waals surface area contributed by atoms with Crippen LogP contribution in [0.25, 0.3) is 0 Å². The molecule has 0 amide bonds. The van der Waals surface area contributed by atoms with E-state index >= 15 is 0 Å². The van der Waals surface area contributed by atoms with Crippen molar-refractivity contribution in [2.24, 2.45) is 5.92 Å². The Hall–Kier alpha value is -3.41. The fourth-order valence-electron chi connectivity index (χ4n) is 3.78. The van der Waals surface area contributed by atoms with Gasteiger partial charge in [-0.05, 0) is 67.1 Å². The van der Waals surface area contributed by atoms with Crippen molar-refractivity contribution in [1.29, 1.82) is 0 Å². The van der Waals surface area contributed by atoms with E-state index in [0.717, 1.165) is 11.6 Å². The minimum absolute atomic E-state index is 0.0529. The largest absolute Gasteiger partial charge is 0.512 e. The van der Waals surface area contributed by atoms with Gasteiger partial charge in [-0.2, -0.15) is 0 Å². The van der Waals surface area contributed by atoms with E-state index in [1.165, 1.54) is 12.1 Å². The minimum atomic E-state index is -0.460. The van der Waals surface area contributed by atoms with Crippen molar-refractivity contribution in [2.45, 2.75) is 51.9 Å². The highest BCUT2D eigenvalue weighted by molar-refractivity contribution is 6.22. The Balaban J connectivity index is 1.73. The highest BCUT2D eigenvalue weighted by atomic mass is 19.1. The predicted molar refractivity (Wildman–Crippen MR) is 124 cm³/mol. The summed E-state index contributed by atoms with van der Waals surface area (Å²) in [6.07, 6.45) is 3.43. The van der Waals surface area contributed by atoms with E-state index in [1.807, 2.05) is 26.0 Å². The number of Topliss-reactive ketones (excluding diaryl/α,β-unsaturated/α-hetero) is 2. The molecule has 0 radical (unpaired) electrons. The van der Waals surface area contributed by atoms with Crippen molar-refractivity contribution in [1.82, 2.24) is 0 Å². The first kappa shape index (κ1) is 24.2.